The van der Waals surface area contributed by atoms with E-state index in [9.17, 15) is 9.90 Å². The molecule has 5 heteroatoms. The summed E-state index contributed by atoms with van der Waals surface area (Å²) in [5.41, 5.74) is -0.898. The van der Waals surface area contributed by atoms with Gasteiger partial charge in [0.25, 0.3) is 0 Å². The van der Waals surface area contributed by atoms with Gasteiger partial charge in [0.1, 0.15) is 12.4 Å². The molecule has 0 unspecified atom stereocenters. The molecule has 1 aromatic rings. The minimum atomic E-state index is -0.898. The van der Waals surface area contributed by atoms with E-state index in [1.807, 2.05) is 24.3 Å². The summed E-state index contributed by atoms with van der Waals surface area (Å²) in [6.07, 6.45) is 1.99. The van der Waals surface area contributed by atoms with Gasteiger partial charge in [-0.1, -0.05) is 12.1 Å². The van der Waals surface area contributed by atoms with Crippen LogP contribution in [-0.2, 0) is 4.79 Å². The lowest BCUT2D eigenvalue weighted by atomic mass is 9.79. The number of para-hydroxylation sites is 1. The van der Waals surface area contributed by atoms with Crippen LogP contribution in [0.15, 0.2) is 24.3 Å². The summed E-state index contributed by atoms with van der Waals surface area (Å²) in [4.78, 5) is 10.9. The van der Waals surface area contributed by atoms with E-state index in [4.69, 9.17) is 9.84 Å². The summed E-state index contributed by atoms with van der Waals surface area (Å²) < 4.78 is 6.67. The van der Waals surface area contributed by atoms with Gasteiger partial charge in [0.2, 0.25) is 0 Å². The summed E-state index contributed by atoms with van der Waals surface area (Å²) in [7, 11) is 0. The van der Waals surface area contributed by atoms with Crippen molar-refractivity contribution in [1.82, 2.24) is 0 Å². The predicted octanol–water partition coefficient (Wildman–Crippen LogP) is 2.68. The second-order valence-corrected chi connectivity index (χ2v) is 6.22. The van der Waals surface area contributed by atoms with Gasteiger partial charge < -0.3 is 14.9 Å². The lowest BCUT2D eigenvalue weighted by molar-refractivity contribution is -0.145. The summed E-state index contributed by atoms with van der Waals surface area (Å²) in [6, 6.07) is 7.64. The topological polar surface area (TPSA) is 66.8 Å². The third kappa shape index (κ3) is 3.82. The third-order valence-corrected chi connectivity index (χ3v) is 4.49. The number of aliphatic carboxylic acids is 1. The maximum Gasteiger partial charge on any atom is 0.306 e. The average Bonchev–Trinajstić information content (AvgIpc) is 2.38. The number of carbonyl (C=O) groups is 1. The Hall–Kier alpha value is -0.820. The zero-order valence-electron chi connectivity index (χ0n) is 10.5. The molecule has 0 aliphatic heterocycles. The number of halogens is 1. The Labute approximate surface area is 125 Å². The first-order chi connectivity index (χ1) is 9.00. The van der Waals surface area contributed by atoms with E-state index in [1.54, 1.807) is 0 Å². The van der Waals surface area contributed by atoms with Gasteiger partial charge in [0.15, 0.2) is 0 Å². The molecule has 0 bridgehead atoms. The minimum Gasteiger partial charge on any atom is -0.489 e. The SMILES string of the molecule is O=C(O)C1CCC(O)(COc2ccccc2I)CC1. The van der Waals surface area contributed by atoms with Gasteiger partial charge in [-0.3, -0.25) is 4.79 Å². The lowest BCUT2D eigenvalue weighted by Crippen LogP contribution is -2.41. The molecule has 1 aromatic carbocycles. The summed E-state index contributed by atoms with van der Waals surface area (Å²) in [5.74, 6) is -0.324. The smallest absolute Gasteiger partial charge is 0.306 e. The molecule has 1 saturated carbocycles. The standard InChI is InChI=1S/C14H17IO4/c15-11-3-1-2-4-12(11)19-9-14(18)7-5-10(6-8-14)13(16)17/h1-4,10,18H,5-9H2,(H,16,17). The normalized spacial score (nSPS) is 26.9. The Kier molecular flexibility index (Phi) is 4.67. The van der Waals surface area contributed by atoms with Crippen molar-refractivity contribution in [2.24, 2.45) is 5.92 Å². The average molecular weight is 376 g/mol. The Bertz CT molecular complexity index is 453. The minimum absolute atomic E-state index is 0.222. The molecule has 0 radical (unpaired) electrons. The highest BCUT2D eigenvalue weighted by Crippen LogP contribution is 2.33. The maximum atomic E-state index is 10.9. The zero-order valence-corrected chi connectivity index (χ0v) is 12.7. The van der Waals surface area contributed by atoms with E-state index < -0.39 is 11.6 Å². The van der Waals surface area contributed by atoms with Crippen LogP contribution in [0, 0.1) is 9.49 Å². The molecule has 0 saturated heterocycles. The van der Waals surface area contributed by atoms with Gasteiger partial charge in [-0.05, 0) is 60.4 Å². The van der Waals surface area contributed by atoms with E-state index in [-0.39, 0.29) is 12.5 Å². The molecule has 2 N–H and O–H groups in total. The van der Waals surface area contributed by atoms with Crippen LogP contribution >= 0.6 is 22.6 Å². The van der Waals surface area contributed by atoms with Gasteiger partial charge in [0.05, 0.1) is 15.1 Å². The fourth-order valence-corrected chi connectivity index (χ4v) is 2.86. The molecule has 4 nitrogen and oxygen atoms in total. The van der Waals surface area contributed by atoms with Crippen LogP contribution in [0.1, 0.15) is 25.7 Å². The van der Waals surface area contributed by atoms with Crippen LogP contribution < -0.4 is 4.74 Å². The number of hydrogen-bond donors (Lipinski definition) is 2. The first-order valence-electron chi connectivity index (χ1n) is 6.33. The van der Waals surface area contributed by atoms with E-state index >= 15 is 0 Å². The number of ether oxygens (including phenoxy) is 1. The van der Waals surface area contributed by atoms with Crippen molar-refractivity contribution in [3.8, 4) is 5.75 Å². The van der Waals surface area contributed by atoms with Crippen molar-refractivity contribution in [3.05, 3.63) is 27.8 Å². The second-order valence-electron chi connectivity index (χ2n) is 5.06. The first-order valence-corrected chi connectivity index (χ1v) is 7.41. The zero-order chi connectivity index (χ0) is 13.9. The lowest BCUT2D eigenvalue weighted by Gasteiger charge is -2.34. The molecule has 104 valence electrons. The molecule has 0 heterocycles. The third-order valence-electron chi connectivity index (χ3n) is 3.60. The summed E-state index contributed by atoms with van der Waals surface area (Å²) in [6.45, 7) is 0.222. The van der Waals surface area contributed by atoms with E-state index in [0.29, 0.717) is 25.7 Å². The van der Waals surface area contributed by atoms with Crippen LogP contribution in [0.4, 0.5) is 0 Å². The Balaban J connectivity index is 1.90. The molecule has 1 aliphatic carbocycles. The second kappa shape index (κ2) is 6.09. The largest absolute Gasteiger partial charge is 0.489 e. The summed E-state index contributed by atoms with van der Waals surface area (Å²) >= 11 is 2.19. The van der Waals surface area contributed by atoms with Crippen molar-refractivity contribution in [2.45, 2.75) is 31.3 Å². The van der Waals surface area contributed by atoms with Crippen molar-refractivity contribution in [2.75, 3.05) is 6.61 Å². The van der Waals surface area contributed by atoms with Crippen molar-refractivity contribution in [1.29, 1.82) is 0 Å². The van der Waals surface area contributed by atoms with Gasteiger partial charge in [-0.15, -0.1) is 0 Å². The quantitative estimate of drug-likeness (QED) is 0.794. The van der Waals surface area contributed by atoms with Gasteiger partial charge >= 0.3 is 5.97 Å². The monoisotopic (exact) mass is 376 g/mol. The molecule has 1 aliphatic rings. The van der Waals surface area contributed by atoms with Crippen molar-refractivity contribution in [3.63, 3.8) is 0 Å². The van der Waals surface area contributed by atoms with Gasteiger partial charge in [0, 0.05) is 0 Å². The summed E-state index contributed by atoms with van der Waals surface area (Å²) in [5, 5.41) is 19.3. The molecule has 0 aromatic heterocycles. The van der Waals surface area contributed by atoms with E-state index in [0.717, 1.165) is 9.32 Å². The fraction of sp³-hybridized carbons (Fsp3) is 0.500. The number of carboxylic acids is 1. The highest BCUT2D eigenvalue weighted by molar-refractivity contribution is 14.1. The van der Waals surface area contributed by atoms with Crippen LogP contribution in [0.5, 0.6) is 5.75 Å². The first kappa shape index (κ1) is 14.6. The number of benzene rings is 1. The number of carboxylic acid groups (broad SMARTS) is 1. The highest BCUT2D eigenvalue weighted by atomic mass is 127. The van der Waals surface area contributed by atoms with Crippen LogP contribution in [0.2, 0.25) is 0 Å². The number of hydrogen-bond acceptors (Lipinski definition) is 3. The molecule has 0 spiro atoms. The van der Waals surface area contributed by atoms with E-state index in [2.05, 4.69) is 22.6 Å². The fourth-order valence-electron chi connectivity index (χ4n) is 2.32. The van der Waals surface area contributed by atoms with Crippen molar-refractivity contribution < 1.29 is 19.7 Å². The molecule has 0 amide bonds. The highest BCUT2D eigenvalue weighted by Gasteiger charge is 2.36. The maximum absolute atomic E-state index is 10.9. The van der Waals surface area contributed by atoms with Crippen LogP contribution in [-0.4, -0.2) is 28.4 Å². The van der Waals surface area contributed by atoms with Crippen LogP contribution in [0.25, 0.3) is 0 Å². The Morgan fingerprint density at radius 1 is 1.37 bits per heavy atom. The van der Waals surface area contributed by atoms with Crippen molar-refractivity contribution >= 4 is 28.6 Å². The van der Waals surface area contributed by atoms with Crippen LogP contribution in [0.3, 0.4) is 0 Å². The molecular weight excluding hydrogens is 359 g/mol. The number of rotatable bonds is 4. The molecular formula is C14H17IO4. The predicted molar refractivity (Wildman–Crippen MR) is 79.2 cm³/mol. The number of aliphatic hydroxyl groups is 1. The Morgan fingerprint density at radius 3 is 2.58 bits per heavy atom. The van der Waals surface area contributed by atoms with Gasteiger partial charge in [-0.25, -0.2) is 0 Å². The molecule has 1 fully saturated rings. The van der Waals surface area contributed by atoms with E-state index in [1.165, 1.54) is 0 Å². The van der Waals surface area contributed by atoms with Gasteiger partial charge in [-0.2, -0.15) is 0 Å². The molecule has 0 atom stereocenters. The Morgan fingerprint density at radius 2 is 2.00 bits per heavy atom. The molecule has 19 heavy (non-hydrogen) atoms. The molecule has 2 rings (SSSR count).